The van der Waals surface area contributed by atoms with E-state index in [2.05, 4.69) is 4.98 Å². The van der Waals surface area contributed by atoms with Crippen LogP contribution in [0.5, 0.6) is 5.75 Å². The van der Waals surface area contributed by atoms with Crippen molar-refractivity contribution in [3.63, 3.8) is 0 Å². The molecule has 0 aliphatic carbocycles. The highest BCUT2D eigenvalue weighted by Gasteiger charge is 2.16. The number of nitrogens with zero attached hydrogens (tertiary/aromatic N) is 1. The number of aryl methyl sites for hydroxylation is 1. The molecule has 0 amide bonds. The van der Waals surface area contributed by atoms with Gasteiger partial charge in [-0.3, -0.25) is 0 Å². The monoisotopic (exact) mass is 188 g/mol. The van der Waals surface area contributed by atoms with Gasteiger partial charge in [-0.15, -0.1) is 0 Å². The van der Waals surface area contributed by atoms with E-state index in [0.717, 1.165) is 0 Å². The van der Waals surface area contributed by atoms with Crippen LogP contribution in [0.4, 0.5) is 8.78 Å². The summed E-state index contributed by atoms with van der Waals surface area (Å²) in [5, 5.41) is 9.12. The van der Waals surface area contributed by atoms with Gasteiger partial charge in [0, 0.05) is 12.2 Å². The first-order chi connectivity index (χ1) is 6.06. The Labute approximate surface area is 74.2 Å². The number of pyridine rings is 1. The minimum Gasteiger partial charge on any atom is -0.506 e. The Bertz CT molecular complexity index is 315. The number of nitrogens with two attached hydrogens (primary N) is 1. The van der Waals surface area contributed by atoms with Crippen LogP contribution in [-0.2, 0) is 6.54 Å². The summed E-state index contributed by atoms with van der Waals surface area (Å²) in [7, 11) is 0. The fourth-order valence-corrected chi connectivity index (χ4v) is 1.02. The Balaban J connectivity index is 3.20. The van der Waals surface area contributed by atoms with E-state index in [9.17, 15) is 8.78 Å². The van der Waals surface area contributed by atoms with Gasteiger partial charge in [-0.1, -0.05) is 0 Å². The van der Waals surface area contributed by atoms with Crippen molar-refractivity contribution in [3.8, 4) is 5.75 Å². The van der Waals surface area contributed by atoms with Crippen LogP contribution in [0.3, 0.4) is 0 Å². The highest BCUT2D eigenvalue weighted by Crippen LogP contribution is 2.27. The minimum absolute atomic E-state index is 0.176. The van der Waals surface area contributed by atoms with Crippen LogP contribution in [0.2, 0.25) is 0 Å². The van der Waals surface area contributed by atoms with Crippen LogP contribution in [-0.4, -0.2) is 10.1 Å². The van der Waals surface area contributed by atoms with Crippen LogP contribution in [0.25, 0.3) is 0 Å². The van der Waals surface area contributed by atoms with E-state index >= 15 is 0 Å². The predicted molar refractivity (Wildman–Crippen MR) is 43.5 cm³/mol. The van der Waals surface area contributed by atoms with Crippen LogP contribution < -0.4 is 5.73 Å². The smallest absolute Gasteiger partial charge is 0.284 e. The summed E-state index contributed by atoms with van der Waals surface area (Å²) in [6.45, 7) is 1.75. The van der Waals surface area contributed by atoms with Crippen molar-refractivity contribution in [1.82, 2.24) is 4.98 Å². The van der Waals surface area contributed by atoms with Gasteiger partial charge >= 0.3 is 0 Å². The van der Waals surface area contributed by atoms with Crippen LogP contribution in [0.1, 0.15) is 23.4 Å². The lowest BCUT2D eigenvalue weighted by molar-refractivity contribution is 0.141. The molecule has 13 heavy (non-hydrogen) atoms. The van der Waals surface area contributed by atoms with Gasteiger partial charge < -0.3 is 10.8 Å². The summed E-state index contributed by atoms with van der Waals surface area (Å²) in [6, 6.07) is 1.23. The first-order valence-electron chi connectivity index (χ1n) is 3.74. The molecule has 0 bridgehead atoms. The lowest BCUT2D eigenvalue weighted by Crippen LogP contribution is -2.03. The van der Waals surface area contributed by atoms with Gasteiger partial charge in [-0.05, 0) is 18.6 Å². The molecule has 0 atom stereocenters. The first-order valence-corrected chi connectivity index (χ1v) is 3.74. The van der Waals surface area contributed by atoms with Gasteiger partial charge in [0.2, 0.25) is 0 Å². The Morgan fingerprint density at radius 1 is 1.62 bits per heavy atom. The van der Waals surface area contributed by atoms with Gasteiger partial charge in [0.1, 0.15) is 11.4 Å². The second-order valence-corrected chi connectivity index (χ2v) is 2.64. The molecule has 1 aromatic heterocycles. The molecule has 0 saturated heterocycles. The number of aromatic hydroxyl groups is 1. The van der Waals surface area contributed by atoms with E-state index in [1.807, 2.05) is 0 Å². The fourth-order valence-electron chi connectivity index (χ4n) is 1.02. The number of alkyl halides is 2. The minimum atomic E-state index is -2.76. The fraction of sp³-hybridized carbons (Fsp3) is 0.375. The molecule has 1 heterocycles. The molecule has 0 aliphatic rings. The molecule has 0 spiro atoms. The molecule has 1 aromatic rings. The van der Waals surface area contributed by atoms with Crippen molar-refractivity contribution in [2.24, 2.45) is 5.73 Å². The number of hydrogen-bond acceptors (Lipinski definition) is 3. The summed E-state index contributed by atoms with van der Waals surface area (Å²) in [5.41, 5.74) is 5.72. The quantitative estimate of drug-likeness (QED) is 0.739. The SMILES string of the molecule is Cc1nc(C(F)F)c(O)cc1CN. The summed E-state index contributed by atoms with van der Waals surface area (Å²) in [4.78, 5) is 3.56. The van der Waals surface area contributed by atoms with E-state index in [-0.39, 0.29) is 6.54 Å². The third kappa shape index (κ3) is 1.92. The average molecular weight is 188 g/mol. The molecule has 3 N–H and O–H groups in total. The summed E-state index contributed by atoms with van der Waals surface area (Å²) in [5.74, 6) is -0.499. The van der Waals surface area contributed by atoms with E-state index in [0.29, 0.717) is 11.3 Å². The summed E-state index contributed by atoms with van der Waals surface area (Å²) in [6.07, 6.45) is -2.76. The Kier molecular flexibility index (Phi) is 2.77. The second kappa shape index (κ2) is 3.66. The maximum absolute atomic E-state index is 12.2. The highest BCUT2D eigenvalue weighted by atomic mass is 19.3. The Morgan fingerprint density at radius 3 is 2.69 bits per heavy atom. The van der Waals surface area contributed by atoms with Crippen molar-refractivity contribution < 1.29 is 13.9 Å². The molecular formula is C8H10F2N2O. The van der Waals surface area contributed by atoms with Gasteiger partial charge in [0.15, 0.2) is 0 Å². The van der Waals surface area contributed by atoms with E-state index in [1.54, 1.807) is 6.92 Å². The first kappa shape index (κ1) is 9.85. The molecule has 5 heteroatoms. The Hall–Kier alpha value is -1.23. The number of rotatable bonds is 2. The zero-order valence-corrected chi connectivity index (χ0v) is 7.09. The average Bonchev–Trinajstić information content (AvgIpc) is 2.07. The third-order valence-electron chi connectivity index (χ3n) is 1.75. The van der Waals surface area contributed by atoms with Gasteiger partial charge in [0.25, 0.3) is 6.43 Å². The number of halogens is 2. The standard InChI is InChI=1S/C8H10F2N2O/c1-4-5(3-11)2-6(13)7(12-4)8(9)10/h2,8,13H,3,11H2,1H3. The predicted octanol–water partition coefficient (Wildman–Crippen LogP) is 1.49. The van der Waals surface area contributed by atoms with Gasteiger partial charge in [-0.25, -0.2) is 13.8 Å². The number of aromatic nitrogens is 1. The topological polar surface area (TPSA) is 59.1 Å². The molecule has 0 saturated carbocycles. The van der Waals surface area contributed by atoms with E-state index < -0.39 is 17.9 Å². The van der Waals surface area contributed by atoms with E-state index in [1.165, 1.54) is 6.07 Å². The maximum Gasteiger partial charge on any atom is 0.284 e. The summed E-state index contributed by atoms with van der Waals surface area (Å²) < 4.78 is 24.4. The molecule has 0 fully saturated rings. The van der Waals surface area contributed by atoms with Crippen molar-refractivity contribution in [2.45, 2.75) is 19.9 Å². The molecule has 0 unspecified atom stereocenters. The molecular weight excluding hydrogens is 178 g/mol. The van der Waals surface area contributed by atoms with E-state index in [4.69, 9.17) is 10.8 Å². The molecule has 0 radical (unpaired) electrons. The zero-order valence-electron chi connectivity index (χ0n) is 7.09. The maximum atomic E-state index is 12.2. The van der Waals surface area contributed by atoms with Crippen molar-refractivity contribution >= 4 is 0 Å². The van der Waals surface area contributed by atoms with Crippen molar-refractivity contribution in [2.75, 3.05) is 0 Å². The third-order valence-corrected chi connectivity index (χ3v) is 1.75. The Morgan fingerprint density at radius 2 is 2.23 bits per heavy atom. The molecule has 3 nitrogen and oxygen atoms in total. The second-order valence-electron chi connectivity index (χ2n) is 2.64. The molecule has 72 valence electrons. The van der Waals surface area contributed by atoms with Crippen molar-refractivity contribution in [3.05, 3.63) is 23.0 Å². The highest BCUT2D eigenvalue weighted by molar-refractivity contribution is 5.34. The van der Waals surface area contributed by atoms with Crippen LogP contribution in [0, 0.1) is 6.92 Å². The zero-order chi connectivity index (χ0) is 10.0. The van der Waals surface area contributed by atoms with Crippen LogP contribution >= 0.6 is 0 Å². The largest absolute Gasteiger partial charge is 0.506 e. The normalized spacial score (nSPS) is 10.8. The van der Waals surface area contributed by atoms with Crippen LogP contribution in [0.15, 0.2) is 6.07 Å². The lowest BCUT2D eigenvalue weighted by atomic mass is 10.1. The number of hydrogen-bond donors (Lipinski definition) is 2. The van der Waals surface area contributed by atoms with Crippen molar-refractivity contribution in [1.29, 1.82) is 0 Å². The molecule has 0 aromatic carbocycles. The summed E-state index contributed by atoms with van der Waals surface area (Å²) >= 11 is 0. The van der Waals surface area contributed by atoms with Gasteiger partial charge in [-0.2, -0.15) is 0 Å². The molecule has 1 rings (SSSR count). The molecule has 0 aliphatic heterocycles. The van der Waals surface area contributed by atoms with Gasteiger partial charge in [0.05, 0.1) is 0 Å². The lowest BCUT2D eigenvalue weighted by Gasteiger charge is -2.07.